The third-order valence-corrected chi connectivity index (χ3v) is 4.57. The Morgan fingerprint density at radius 3 is 1.96 bits per heavy atom. The van der Waals surface area contributed by atoms with Gasteiger partial charge in [0.1, 0.15) is 0 Å². The number of hydrogen-bond donors (Lipinski definition) is 0. The Bertz CT molecular complexity index is 735. The van der Waals surface area contributed by atoms with Crippen LogP contribution in [0.2, 0.25) is 0 Å². The van der Waals surface area contributed by atoms with Crippen molar-refractivity contribution in [2.24, 2.45) is 5.92 Å². The van der Waals surface area contributed by atoms with Crippen molar-refractivity contribution < 1.29 is 4.74 Å². The molecule has 0 unspecified atom stereocenters. The van der Waals surface area contributed by atoms with E-state index in [2.05, 4.69) is 75.5 Å². The first-order chi connectivity index (χ1) is 12.4. The fourth-order valence-corrected chi connectivity index (χ4v) is 3.36. The lowest BCUT2D eigenvalue weighted by atomic mass is 9.90. The highest BCUT2D eigenvalue weighted by Crippen LogP contribution is 2.34. The van der Waals surface area contributed by atoms with E-state index in [0.717, 1.165) is 13.1 Å². The summed E-state index contributed by atoms with van der Waals surface area (Å²) in [6.07, 6.45) is 3.41. The lowest BCUT2D eigenvalue weighted by molar-refractivity contribution is 0.0355. The fraction of sp³-hybridized carbons (Fsp3) is 0.238. The Hall–Kier alpha value is -2.72. The maximum absolute atomic E-state index is 5.70. The van der Waals surface area contributed by atoms with Crippen LogP contribution in [0.3, 0.4) is 0 Å². The van der Waals surface area contributed by atoms with Crippen LogP contribution in [0.15, 0.2) is 79.1 Å². The van der Waals surface area contributed by atoms with Crippen molar-refractivity contribution in [3.05, 3.63) is 90.3 Å². The molecule has 1 aliphatic heterocycles. The Balaban J connectivity index is 1.42. The molecule has 0 aliphatic carbocycles. The monoisotopic (exact) mass is 331 g/mol. The fourth-order valence-electron chi connectivity index (χ4n) is 3.36. The van der Waals surface area contributed by atoms with E-state index in [1.807, 2.05) is 0 Å². The summed E-state index contributed by atoms with van der Waals surface area (Å²) in [6.45, 7) is 2.69. The van der Waals surface area contributed by atoms with Gasteiger partial charge in [0.25, 0.3) is 0 Å². The second-order valence-electron chi connectivity index (χ2n) is 6.39. The van der Waals surface area contributed by atoms with Crippen LogP contribution in [0, 0.1) is 5.92 Å². The first-order valence-electron chi connectivity index (χ1n) is 8.64. The number of hydrogen-bond acceptors (Lipinski definition) is 4. The second-order valence-corrected chi connectivity index (χ2v) is 6.39. The van der Waals surface area contributed by atoms with Crippen LogP contribution in [-0.4, -0.2) is 34.6 Å². The van der Waals surface area contributed by atoms with Crippen LogP contribution in [0.5, 0.6) is 6.01 Å². The highest BCUT2D eigenvalue weighted by atomic mass is 16.5. The van der Waals surface area contributed by atoms with Gasteiger partial charge >= 0.3 is 6.01 Å². The lowest BCUT2D eigenvalue weighted by Crippen LogP contribution is -2.51. The number of nitrogens with zero attached hydrogens (tertiary/aromatic N) is 3. The van der Waals surface area contributed by atoms with Crippen molar-refractivity contribution in [2.45, 2.75) is 6.04 Å². The van der Waals surface area contributed by atoms with Gasteiger partial charge in [0.05, 0.1) is 12.6 Å². The maximum Gasteiger partial charge on any atom is 0.316 e. The Kier molecular flexibility index (Phi) is 4.70. The van der Waals surface area contributed by atoms with Crippen molar-refractivity contribution in [2.75, 3.05) is 19.7 Å². The summed E-state index contributed by atoms with van der Waals surface area (Å²) in [4.78, 5) is 10.7. The molecule has 25 heavy (non-hydrogen) atoms. The zero-order chi connectivity index (χ0) is 16.9. The summed E-state index contributed by atoms with van der Waals surface area (Å²) < 4.78 is 5.70. The molecule has 0 amide bonds. The molecule has 1 aliphatic rings. The van der Waals surface area contributed by atoms with Crippen molar-refractivity contribution in [3.8, 4) is 6.01 Å². The molecule has 0 atom stereocenters. The summed E-state index contributed by atoms with van der Waals surface area (Å²) in [7, 11) is 0. The van der Waals surface area contributed by atoms with Gasteiger partial charge < -0.3 is 4.74 Å². The smallest absolute Gasteiger partial charge is 0.316 e. The third-order valence-electron chi connectivity index (χ3n) is 4.57. The molecule has 3 aromatic rings. The molecular weight excluding hydrogens is 310 g/mol. The average molecular weight is 331 g/mol. The van der Waals surface area contributed by atoms with Crippen molar-refractivity contribution in [1.82, 2.24) is 14.9 Å². The molecule has 0 saturated carbocycles. The van der Waals surface area contributed by atoms with Crippen LogP contribution in [0.1, 0.15) is 17.2 Å². The van der Waals surface area contributed by atoms with Crippen LogP contribution < -0.4 is 4.74 Å². The Labute approximate surface area is 148 Å². The van der Waals surface area contributed by atoms with Gasteiger partial charge in [-0.2, -0.15) is 0 Å². The number of benzene rings is 2. The predicted octanol–water partition coefficient (Wildman–Crippen LogP) is 3.58. The number of rotatable bonds is 6. The molecule has 0 spiro atoms. The van der Waals surface area contributed by atoms with E-state index in [1.165, 1.54) is 11.1 Å². The largest absolute Gasteiger partial charge is 0.463 e. The van der Waals surface area contributed by atoms with E-state index in [-0.39, 0.29) is 0 Å². The van der Waals surface area contributed by atoms with Gasteiger partial charge in [-0.3, -0.25) is 4.90 Å². The first-order valence-corrected chi connectivity index (χ1v) is 8.64. The van der Waals surface area contributed by atoms with Gasteiger partial charge in [-0.15, -0.1) is 0 Å². The van der Waals surface area contributed by atoms with Gasteiger partial charge in [0, 0.05) is 31.4 Å². The van der Waals surface area contributed by atoms with Crippen LogP contribution in [-0.2, 0) is 0 Å². The molecule has 0 N–H and O–H groups in total. The summed E-state index contributed by atoms with van der Waals surface area (Å²) in [6, 6.07) is 24.0. The predicted molar refractivity (Wildman–Crippen MR) is 97.3 cm³/mol. The zero-order valence-electron chi connectivity index (χ0n) is 14.0. The topological polar surface area (TPSA) is 38.2 Å². The minimum absolute atomic E-state index is 0.298. The van der Waals surface area contributed by atoms with Crippen molar-refractivity contribution in [3.63, 3.8) is 0 Å². The summed E-state index contributed by atoms with van der Waals surface area (Å²) in [5, 5.41) is 0. The van der Waals surface area contributed by atoms with Gasteiger partial charge in [-0.05, 0) is 17.2 Å². The van der Waals surface area contributed by atoms with Crippen LogP contribution in [0.25, 0.3) is 0 Å². The number of aromatic nitrogens is 2. The standard InChI is InChI=1S/C21H21N3O/c1-3-8-18(9-4-1)20(19-10-5-2-6-11-19)24-14-17(15-24)16-25-21-22-12-7-13-23-21/h1-13,17,20H,14-16H2. The van der Waals surface area contributed by atoms with E-state index in [4.69, 9.17) is 4.74 Å². The molecule has 2 heterocycles. The maximum atomic E-state index is 5.70. The minimum atomic E-state index is 0.298. The number of likely N-dealkylation sites (tertiary alicyclic amines) is 1. The summed E-state index contributed by atoms with van der Waals surface area (Å²) in [5.74, 6) is 0.513. The summed E-state index contributed by atoms with van der Waals surface area (Å²) in [5.41, 5.74) is 2.67. The first kappa shape index (κ1) is 15.8. The van der Waals surface area contributed by atoms with Gasteiger partial charge in [-0.1, -0.05) is 60.7 Å². The Morgan fingerprint density at radius 2 is 1.40 bits per heavy atom. The van der Waals surface area contributed by atoms with E-state index in [9.17, 15) is 0 Å². The van der Waals surface area contributed by atoms with Gasteiger partial charge in [0.15, 0.2) is 0 Å². The van der Waals surface area contributed by atoms with Crippen LogP contribution >= 0.6 is 0 Å². The van der Waals surface area contributed by atoms with Crippen LogP contribution in [0.4, 0.5) is 0 Å². The zero-order valence-corrected chi connectivity index (χ0v) is 14.0. The molecule has 0 bridgehead atoms. The highest BCUT2D eigenvalue weighted by Gasteiger charge is 2.34. The van der Waals surface area contributed by atoms with Gasteiger partial charge in [-0.25, -0.2) is 9.97 Å². The SMILES string of the molecule is c1ccc(C(c2ccccc2)N2CC(COc3ncccn3)C2)cc1. The molecule has 1 fully saturated rings. The lowest BCUT2D eigenvalue weighted by Gasteiger charge is -2.44. The van der Waals surface area contributed by atoms with E-state index in [0.29, 0.717) is 24.6 Å². The van der Waals surface area contributed by atoms with Gasteiger partial charge in [0.2, 0.25) is 0 Å². The molecular formula is C21H21N3O. The van der Waals surface area contributed by atoms with E-state index < -0.39 is 0 Å². The molecule has 1 aromatic heterocycles. The molecule has 4 heteroatoms. The van der Waals surface area contributed by atoms with E-state index >= 15 is 0 Å². The second kappa shape index (κ2) is 7.45. The van der Waals surface area contributed by atoms with Crippen molar-refractivity contribution in [1.29, 1.82) is 0 Å². The highest BCUT2D eigenvalue weighted by molar-refractivity contribution is 5.32. The summed E-state index contributed by atoms with van der Waals surface area (Å²) >= 11 is 0. The molecule has 0 radical (unpaired) electrons. The van der Waals surface area contributed by atoms with Crippen molar-refractivity contribution >= 4 is 0 Å². The molecule has 4 rings (SSSR count). The molecule has 2 aromatic carbocycles. The Morgan fingerprint density at radius 1 is 0.840 bits per heavy atom. The minimum Gasteiger partial charge on any atom is -0.463 e. The average Bonchev–Trinajstić information content (AvgIpc) is 2.66. The van der Waals surface area contributed by atoms with E-state index in [1.54, 1.807) is 18.5 Å². The number of ether oxygens (including phenoxy) is 1. The quantitative estimate of drug-likeness (QED) is 0.692. The third kappa shape index (κ3) is 3.69. The molecule has 4 nitrogen and oxygen atoms in total. The normalized spacial score (nSPS) is 15.1. The molecule has 126 valence electrons. The molecule has 1 saturated heterocycles.